The van der Waals surface area contributed by atoms with Crippen molar-refractivity contribution >= 4 is 23.5 Å². The molecule has 0 unspecified atom stereocenters. The van der Waals surface area contributed by atoms with Crippen LogP contribution in [0.15, 0.2) is 0 Å². The molecule has 0 saturated heterocycles. The molecular weight excluding hydrogens is 230 g/mol. The Hall–Kier alpha value is -1.14. The van der Waals surface area contributed by atoms with Gasteiger partial charge in [0.15, 0.2) is 0 Å². The quantitative estimate of drug-likeness (QED) is 0.718. The van der Waals surface area contributed by atoms with Crippen molar-refractivity contribution in [2.45, 2.75) is 13.8 Å². The monoisotopic (exact) mass is 245 g/mol. The topological polar surface area (TPSA) is 83.0 Å². The molecule has 1 aromatic heterocycles. The first-order chi connectivity index (χ1) is 7.46. The van der Waals surface area contributed by atoms with E-state index >= 15 is 0 Å². The highest BCUT2D eigenvalue weighted by Crippen LogP contribution is 2.15. The molecule has 16 heavy (non-hydrogen) atoms. The minimum atomic E-state index is -0.237. The molecule has 1 heterocycles. The second-order valence-corrected chi connectivity index (χ2v) is 4.52. The Labute approximate surface area is 99.5 Å². The van der Waals surface area contributed by atoms with Crippen LogP contribution in [-0.4, -0.2) is 40.3 Å². The maximum atomic E-state index is 9.10. The molecule has 1 aromatic rings. The third-order valence-corrected chi connectivity index (χ3v) is 2.15. The second kappa shape index (κ2) is 5.27. The summed E-state index contributed by atoms with van der Waals surface area (Å²) in [6, 6.07) is 0. The van der Waals surface area contributed by atoms with Crippen molar-refractivity contribution in [3.05, 3.63) is 5.28 Å². The van der Waals surface area contributed by atoms with Gasteiger partial charge in [-0.25, -0.2) is 0 Å². The van der Waals surface area contributed by atoms with Crippen molar-refractivity contribution in [1.29, 1.82) is 0 Å². The van der Waals surface area contributed by atoms with Gasteiger partial charge >= 0.3 is 0 Å². The van der Waals surface area contributed by atoms with Gasteiger partial charge in [0.2, 0.25) is 17.2 Å². The molecule has 0 aliphatic carbocycles. The summed E-state index contributed by atoms with van der Waals surface area (Å²) in [5, 5.41) is 15.0. The van der Waals surface area contributed by atoms with Crippen molar-refractivity contribution in [3.63, 3.8) is 0 Å². The molecule has 0 atom stereocenters. The van der Waals surface area contributed by atoms with E-state index in [1.807, 2.05) is 13.8 Å². The molecule has 0 radical (unpaired) electrons. The zero-order chi connectivity index (χ0) is 12.2. The largest absolute Gasteiger partial charge is 0.396 e. The van der Waals surface area contributed by atoms with Gasteiger partial charge in [-0.15, -0.1) is 0 Å². The number of halogens is 1. The molecule has 0 aliphatic heterocycles. The molecular formula is C9H16ClN5O. The molecule has 1 rings (SSSR count). The first-order valence-corrected chi connectivity index (χ1v) is 5.29. The van der Waals surface area contributed by atoms with Gasteiger partial charge in [-0.2, -0.15) is 15.0 Å². The van der Waals surface area contributed by atoms with Crippen LogP contribution in [0.1, 0.15) is 13.8 Å². The molecule has 0 aliphatic rings. The van der Waals surface area contributed by atoms with Gasteiger partial charge in [-0.05, 0) is 11.6 Å². The van der Waals surface area contributed by atoms with Crippen LogP contribution in [0.3, 0.4) is 0 Å². The molecule has 0 spiro atoms. The summed E-state index contributed by atoms with van der Waals surface area (Å²) in [5.41, 5.74) is -0.237. The van der Waals surface area contributed by atoms with Gasteiger partial charge in [-0.3, -0.25) is 0 Å². The van der Waals surface area contributed by atoms with Crippen molar-refractivity contribution in [2.75, 3.05) is 30.8 Å². The minimum Gasteiger partial charge on any atom is -0.396 e. The average molecular weight is 246 g/mol. The number of rotatable bonds is 5. The Morgan fingerprint density at radius 2 is 1.88 bits per heavy atom. The van der Waals surface area contributed by atoms with E-state index in [0.717, 1.165) is 0 Å². The summed E-state index contributed by atoms with van der Waals surface area (Å²) in [4.78, 5) is 11.9. The maximum absolute atomic E-state index is 9.10. The Kier molecular flexibility index (Phi) is 4.26. The minimum absolute atomic E-state index is 0.0811. The normalized spacial score (nSPS) is 11.3. The molecule has 7 heteroatoms. The number of hydrogen-bond donors (Lipinski definition) is 3. The summed E-state index contributed by atoms with van der Waals surface area (Å²) in [6.07, 6.45) is 0. The number of hydrogen-bond acceptors (Lipinski definition) is 6. The van der Waals surface area contributed by atoms with E-state index in [9.17, 15) is 0 Å². The summed E-state index contributed by atoms with van der Waals surface area (Å²) in [5.74, 6) is 0.801. The van der Waals surface area contributed by atoms with E-state index in [2.05, 4.69) is 25.6 Å². The third kappa shape index (κ3) is 3.79. The van der Waals surface area contributed by atoms with Crippen LogP contribution in [0, 0.1) is 5.41 Å². The summed E-state index contributed by atoms with van der Waals surface area (Å²) in [6.45, 7) is 4.49. The zero-order valence-corrected chi connectivity index (χ0v) is 10.3. The number of anilines is 2. The van der Waals surface area contributed by atoms with Gasteiger partial charge in [0.05, 0.1) is 0 Å². The first-order valence-electron chi connectivity index (χ1n) is 4.91. The maximum Gasteiger partial charge on any atom is 0.228 e. The summed E-state index contributed by atoms with van der Waals surface area (Å²) >= 11 is 5.72. The fourth-order valence-corrected chi connectivity index (χ4v) is 1.08. The zero-order valence-electron chi connectivity index (χ0n) is 9.58. The van der Waals surface area contributed by atoms with E-state index in [1.165, 1.54) is 0 Å². The number of aromatic nitrogens is 3. The Bertz CT molecular complexity index is 358. The van der Waals surface area contributed by atoms with Gasteiger partial charge in [-0.1, -0.05) is 13.8 Å². The van der Waals surface area contributed by atoms with Gasteiger partial charge in [0.25, 0.3) is 0 Å². The Balaban J connectivity index is 2.70. The highest BCUT2D eigenvalue weighted by molar-refractivity contribution is 6.28. The number of nitrogens with one attached hydrogen (secondary N) is 2. The van der Waals surface area contributed by atoms with Gasteiger partial charge < -0.3 is 15.7 Å². The Morgan fingerprint density at radius 1 is 1.25 bits per heavy atom. The smallest absolute Gasteiger partial charge is 0.228 e. The van der Waals surface area contributed by atoms with Crippen LogP contribution < -0.4 is 10.6 Å². The van der Waals surface area contributed by atoms with Crippen molar-refractivity contribution in [1.82, 2.24) is 15.0 Å². The lowest BCUT2D eigenvalue weighted by molar-refractivity contribution is 0.170. The van der Waals surface area contributed by atoms with Crippen LogP contribution in [0.2, 0.25) is 5.28 Å². The van der Waals surface area contributed by atoms with E-state index in [1.54, 1.807) is 7.05 Å². The second-order valence-electron chi connectivity index (χ2n) is 4.18. The highest BCUT2D eigenvalue weighted by atomic mass is 35.5. The lowest BCUT2D eigenvalue weighted by Crippen LogP contribution is -2.27. The number of nitrogens with zero attached hydrogens (tertiary/aromatic N) is 3. The predicted octanol–water partition coefficient (Wildman–Crippen LogP) is 0.997. The summed E-state index contributed by atoms with van der Waals surface area (Å²) < 4.78 is 0. The lowest BCUT2D eigenvalue weighted by Gasteiger charge is -2.21. The molecule has 0 saturated carbocycles. The van der Waals surface area contributed by atoms with Crippen LogP contribution in [-0.2, 0) is 0 Å². The number of aliphatic hydroxyl groups excluding tert-OH is 1. The Morgan fingerprint density at radius 3 is 2.44 bits per heavy atom. The van der Waals surface area contributed by atoms with Crippen molar-refractivity contribution in [2.24, 2.45) is 5.41 Å². The van der Waals surface area contributed by atoms with E-state index in [0.29, 0.717) is 18.4 Å². The van der Waals surface area contributed by atoms with Crippen LogP contribution in [0.25, 0.3) is 0 Å². The lowest BCUT2D eigenvalue weighted by atomic mass is 9.95. The number of aliphatic hydroxyl groups is 1. The van der Waals surface area contributed by atoms with E-state index in [-0.39, 0.29) is 17.3 Å². The van der Waals surface area contributed by atoms with Crippen molar-refractivity contribution in [3.8, 4) is 0 Å². The molecule has 0 bridgehead atoms. The molecule has 0 fully saturated rings. The van der Waals surface area contributed by atoms with Crippen LogP contribution in [0.5, 0.6) is 0 Å². The summed E-state index contributed by atoms with van der Waals surface area (Å²) in [7, 11) is 1.70. The van der Waals surface area contributed by atoms with Crippen molar-refractivity contribution < 1.29 is 5.11 Å². The molecule has 6 nitrogen and oxygen atoms in total. The molecule has 90 valence electrons. The SMILES string of the molecule is CNc1nc(Cl)nc(NCC(C)(C)CO)n1. The molecule has 0 aromatic carbocycles. The third-order valence-electron chi connectivity index (χ3n) is 1.98. The van der Waals surface area contributed by atoms with Gasteiger partial charge in [0.1, 0.15) is 0 Å². The highest BCUT2D eigenvalue weighted by Gasteiger charge is 2.16. The van der Waals surface area contributed by atoms with E-state index in [4.69, 9.17) is 16.7 Å². The van der Waals surface area contributed by atoms with Gasteiger partial charge in [0, 0.05) is 25.6 Å². The standard InChI is InChI=1S/C9H16ClN5O/c1-9(2,5-16)4-12-8-14-6(10)13-7(11-3)15-8/h16H,4-5H2,1-3H3,(H2,11,12,13,14,15). The molecule has 0 amide bonds. The average Bonchev–Trinajstić information content (AvgIpc) is 2.26. The predicted molar refractivity (Wildman–Crippen MR) is 63.7 cm³/mol. The first kappa shape index (κ1) is 12.9. The van der Waals surface area contributed by atoms with Crippen LogP contribution in [0.4, 0.5) is 11.9 Å². The molecule has 3 N–H and O–H groups in total. The fourth-order valence-electron chi connectivity index (χ4n) is 0.915. The fraction of sp³-hybridized carbons (Fsp3) is 0.667. The van der Waals surface area contributed by atoms with E-state index < -0.39 is 0 Å². The van der Waals surface area contributed by atoms with Crippen LogP contribution >= 0.6 is 11.6 Å².